The molecule has 1 rings (SSSR count). The van der Waals surface area contributed by atoms with E-state index in [1.165, 1.54) is 25.7 Å². The molecule has 0 aliphatic rings. The molecule has 0 unspecified atom stereocenters. The average Bonchev–Trinajstić information content (AvgIpc) is 2.78. The Balaban J connectivity index is 2.14. The summed E-state index contributed by atoms with van der Waals surface area (Å²) in [4.78, 5) is 4.26. The van der Waals surface area contributed by atoms with Gasteiger partial charge in [-0.3, -0.25) is 4.68 Å². The first-order valence-electron chi connectivity index (χ1n) is 6.44. The summed E-state index contributed by atoms with van der Waals surface area (Å²) in [5.41, 5.74) is 0. The van der Waals surface area contributed by atoms with Crippen LogP contribution in [0.5, 0.6) is 0 Å². The molecule has 0 radical (unpaired) electrons. The smallest absolute Gasteiger partial charge is 0.164 e. The molecule has 0 aliphatic carbocycles. The Labute approximate surface area is 104 Å². The van der Waals surface area contributed by atoms with Gasteiger partial charge in [-0.15, -0.1) is 0 Å². The molecule has 5 heteroatoms. The van der Waals surface area contributed by atoms with Crippen LogP contribution in [0, 0.1) is 0 Å². The van der Waals surface area contributed by atoms with Crippen LogP contribution in [0.25, 0.3) is 0 Å². The number of unbranched alkanes of at least 4 members (excludes halogenated alkanes) is 3. The van der Waals surface area contributed by atoms with Gasteiger partial charge in [0, 0.05) is 20.2 Å². The molecule has 5 nitrogen and oxygen atoms in total. The summed E-state index contributed by atoms with van der Waals surface area (Å²) < 4.78 is 6.89. The Bertz CT molecular complexity index is 261. The summed E-state index contributed by atoms with van der Waals surface area (Å²) in [6, 6.07) is 0. The highest BCUT2D eigenvalue weighted by Gasteiger charge is 1.99. The number of aryl methyl sites for hydroxylation is 1. The third kappa shape index (κ3) is 6.38. The van der Waals surface area contributed by atoms with Gasteiger partial charge in [0.05, 0.1) is 13.2 Å². The molecule has 0 amide bonds. The molecular weight excluding hydrogens is 216 g/mol. The van der Waals surface area contributed by atoms with E-state index in [1.54, 1.807) is 7.11 Å². The standard InChI is InChI=1S/C12H24N4O/c1-3-4-5-6-8-16-11-14-12(15-16)10-13-7-9-17-2/h11,13H,3-10H2,1-2H3. The Kier molecular flexibility index (Phi) is 7.58. The van der Waals surface area contributed by atoms with Gasteiger partial charge in [-0.25, -0.2) is 4.98 Å². The van der Waals surface area contributed by atoms with Gasteiger partial charge in [-0.2, -0.15) is 5.10 Å². The minimum Gasteiger partial charge on any atom is -0.383 e. The summed E-state index contributed by atoms with van der Waals surface area (Å²) in [5.74, 6) is 0.858. The second-order valence-corrected chi connectivity index (χ2v) is 4.15. The third-order valence-electron chi connectivity index (χ3n) is 2.59. The molecule has 0 aliphatic heterocycles. The summed E-state index contributed by atoms with van der Waals surface area (Å²) in [6.07, 6.45) is 6.86. The molecule has 0 bridgehead atoms. The number of aromatic nitrogens is 3. The van der Waals surface area contributed by atoms with E-state index in [2.05, 4.69) is 22.3 Å². The van der Waals surface area contributed by atoms with Gasteiger partial charge in [0.1, 0.15) is 6.33 Å². The number of nitrogens with zero attached hydrogens (tertiary/aromatic N) is 3. The molecule has 1 aromatic heterocycles. The minimum atomic E-state index is 0.714. The molecule has 0 saturated carbocycles. The molecule has 98 valence electrons. The molecular formula is C12H24N4O. The Morgan fingerprint density at radius 1 is 1.35 bits per heavy atom. The van der Waals surface area contributed by atoms with Gasteiger partial charge in [0.15, 0.2) is 5.82 Å². The number of hydrogen-bond acceptors (Lipinski definition) is 4. The minimum absolute atomic E-state index is 0.714. The maximum atomic E-state index is 4.95. The van der Waals surface area contributed by atoms with E-state index in [0.29, 0.717) is 6.54 Å². The predicted octanol–water partition coefficient (Wildman–Crippen LogP) is 1.59. The lowest BCUT2D eigenvalue weighted by molar-refractivity contribution is 0.199. The van der Waals surface area contributed by atoms with E-state index in [9.17, 15) is 0 Å². The highest BCUT2D eigenvalue weighted by molar-refractivity contribution is 4.80. The van der Waals surface area contributed by atoms with Crippen molar-refractivity contribution < 1.29 is 4.74 Å². The van der Waals surface area contributed by atoms with Crippen LogP contribution in [0.1, 0.15) is 38.4 Å². The van der Waals surface area contributed by atoms with E-state index in [0.717, 1.165) is 25.5 Å². The van der Waals surface area contributed by atoms with Crippen molar-refractivity contribution in [3.8, 4) is 0 Å². The first kappa shape index (κ1) is 14.1. The Hall–Kier alpha value is -0.940. The average molecular weight is 240 g/mol. The van der Waals surface area contributed by atoms with Crippen molar-refractivity contribution in [2.24, 2.45) is 0 Å². The van der Waals surface area contributed by atoms with Crippen LogP contribution in [0.3, 0.4) is 0 Å². The van der Waals surface area contributed by atoms with Crippen LogP contribution in [0.4, 0.5) is 0 Å². The molecule has 1 N–H and O–H groups in total. The Morgan fingerprint density at radius 2 is 2.24 bits per heavy atom. The highest BCUT2D eigenvalue weighted by atomic mass is 16.5. The largest absolute Gasteiger partial charge is 0.383 e. The van der Waals surface area contributed by atoms with Crippen LogP contribution >= 0.6 is 0 Å². The molecule has 1 aromatic rings. The van der Waals surface area contributed by atoms with Gasteiger partial charge >= 0.3 is 0 Å². The first-order valence-corrected chi connectivity index (χ1v) is 6.44. The number of hydrogen-bond donors (Lipinski definition) is 1. The van der Waals surface area contributed by atoms with E-state index in [1.807, 2.05) is 11.0 Å². The van der Waals surface area contributed by atoms with Crippen LogP contribution < -0.4 is 5.32 Å². The SMILES string of the molecule is CCCCCCn1cnc(CNCCOC)n1. The molecule has 0 spiro atoms. The molecule has 0 saturated heterocycles. The van der Waals surface area contributed by atoms with Crippen molar-refractivity contribution in [2.75, 3.05) is 20.3 Å². The van der Waals surface area contributed by atoms with Gasteiger partial charge < -0.3 is 10.1 Å². The zero-order chi connectivity index (χ0) is 12.3. The van der Waals surface area contributed by atoms with E-state index >= 15 is 0 Å². The summed E-state index contributed by atoms with van der Waals surface area (Å²) >= 11 is 0. The van der Waals surface area contributed by atoms with Crippen molar-refractivity contribution in [1.29, 1.82) is 0 Å². The van der Waals surface area contributed by atoms with Gasteiger partial charge in [0.25, 0.3) is 0 Å². The molecule has 0 fully saturated rings. The normalized spacial score (nSPS) is 10.9. The zero-order valence-electron chi connectivity index (χ0n) is 11.0. The quantitative estimate of drug-likeness (QED) is 0.631. The van der Waals surface area contributed by atoms with Crippen molar-refractivity contribution in [2.45, 2.75) is 45.7 Å². The number of nitrogens with one attached hydrogen (secondary N) is 1. The second kappa shape index (κ2) is 9.13. The number of rotatable bonds is 10. The summed E-state index contributed by atoms with van der Waals surface area (Å²) in [6.45, 7) is 5.47. The van der Waals surface area contributed by atoms with E-state index in [4.69, 9.17) is 4.74 Å². The van der Waals surface area contributed by atoms with E-state index < -0.39 is 0 Å². The third-order valence-corrected chi connectivity index (χ3v) is 2.59. The molecule has 1 heterocycles. The topological polar surface area (TPSA) is 52.0 Å². The lowest BCUT2D eigenvalue weighted by atomic mass is 10.2. The lowest BCUT2D eigenvalue weighted by Crippen LogP contribution is -2.19. The van der Waals surface area contributed by atoms with Gasteiger partial charge in [-0.05, 0) is 6.42 Å². The summed E-state index contributed by atoms with van der Waals surface area (Å²) in [7, 11) is 1.70. The van der Waals surface area contributed by atoms with Gasteiger partial charge in [-0.1, -0.05) is 26.2 Å². The van der Waals surface area contributed by atoms with Crippen LogP contribution in [0.2, 0.25) is 0 Å². The molecule has 0 aromatic carbocycles. The van der Waals surface area contributed by atoms with Crippen LogP contribution in [0.15, 0.2) is 6.33 Å². The number of ether oxygens (including phenoxy) is 1. The van der Waals surface area contributed by atoms with Crippen molar-refractivity contribution >= 4 is 0 Å². The number of methoxy groups -OCH3 is 1. The fourth-order valence-electron chi connectivity index (χ4n) is 1.60. The van der Waals surface area contributed by atoms with Crippen molar-refractivity contribution in [3.63, 3.8) is 0 Å². The second-order valence-electron chi connectivity index (χ2n) is 4.15. The maximum absolute atomic E-state index is 4.95. The van der Waals surface area contributed by atoms with Crippen molar-refractivity contribution in [3.05, 3.63) is 12.2 Å². The fourth-order valence-corrected chi connectivity index (χ4v) is 1.60. The summed E-state index contributed by atoms with van der Waals surface area (Å²) in [5, 5.41) is 7.64. The fraction of sp³-hybridized carbons (Fsp3) is 0.833. The monoisotopic (exact) mass is 240 g/mol. The van der Waals surface area contributed by atoms with E-state index in [-0.39, 0.29) is 0 Å². The molecule has 0 atom stereocenters. The predicted molar refractivity (Wildman–Crippen MR) is 67.7 cm³/mol. The zero-order valence-corrected chi connectivity index (χ0v) is 11.0. The van der Waals surface area contributed by atoms with Crippen LogP contribution in [-0.2, 0) is 17.8 Å². The molecule has 17 heavy (non-hydrogen) atoms. The lowest BCUT2D eigenvalue weighted by Gasteiger charge is -2.01. The first-order chi connectivity index (χ1) is 8.36. The Morgan fingerprint density at radius 3 is 3.00 bits per heavy atom. The van der Waals surface area contributed by atoms with Crippen molar-refractivity contribution in [1.82, 2.24) is 20.1 Å². The highest BCUT2D eigenvalue weighted by Crippen LogP contribution is 2.01. The van der Waals surface area contributed by atoms with Gasteiger partial charge in [0.2, 0.25) is 0 Å². The maximum Gasteiger partial charge on any atom is 0.164 e. The van der Waals surface area contributed by atoms with Crippen LogP contribution in [-0.4, -0.2) is 35.0 Å².